The molecule has 2 heteroatoms. The minimum absolute atomic E-state index is 0.316. The Balaban J connectivity index is 2.52. The monoisotopic (exact) mass is 258 g/mol. The molecular weight excluding hydrogens is 232 g/mol. The summed E-state index contributed by atoms with van der Waals surface area (Å²) in [6.07, 6.45) is 5.15. The van der Waals surface area contributed by atoms with Gasteiger partial charge in [0, 0.05) is 12.2 Å². The number of benzene rings is 1. The molecule has 0 atom stereocenters. The molecule has 0 radical (unpaired) electrons. The lowest BCUT2D eigenvalue weighted by Gasteiger charge is -2.25. The average molecular weight is 258 g/mol. The molecule has 0 saturated heterocycles. The number of nitriles is 1. The Bertz CT molecular complexity index is 441. The van der Waals surface area contributed by atoms with Crippen molar-refractivity contribution in [3.63, 3.8) is 0 Å². The van der Waals surface area contributed by atoms with E-state index in [4.69, 9.17) is 5.26 Å². The Hall–Kier alpha value is -1.49. The van der Waals surface area contributed by atoms with Crippen LogP contribution in [0.4, 0.5) is 5.69 Å². The summed E-state index contributed by atoms with van der Waals surface area (Å²) in [5.41, 5.74) is 3.22. The highest BCUT2D eigenvalue weighted by Gasteiger charge is 2.16. The molecule has 19 heavy (non-hydrogen) atoms. The predicted molar refractivity (Wildman–Crippen MR) is 82.3 cm³/mol. The highest BCUT2D eigenvalue weighted by atomic mass is 14.9. The van der Waals surface area contributed by atoms with Crippen molar-refractivity contribution in [3.8, 4) is 6.07 Å². The molecule has 0 aromatic heterocycles. The number of hydrogen-bond acceptors (Lipinski definition) is 2. The molecule has 1 N–H and O–H groups in total. The fraction of sp³-hybridized carbons (Fsp3) is 0.588. The van der Waals surface area contributed by atoms with E-state index in [1.165, 1.54) is 25.7 Å². The van der Waals surface area contributed by atoms with Crippen molar-refractivity contribution >= 4 is 5.69 Å². The van der Waals surface area contributed by atoms with Crippen molar-refractivity contribution in [2.75, 3.05) is 11.9 Å². The van der Waals surface area contributed by atoms with E-state index in [0.29, 0.717) is 5.41 Å². The summed E-state index contributed by atoms with van der Waals surface area (Å²) in [6, 6.07) is 8.14. The van der Waals surface area contributed by atoms with Gasteiger partial charge in [0.05, 0.1) is 11.6 Å². The Kier molecular flexibility index (Phi) is 5.89. The molecule has 0 aliphatic carbocycles. The molecule has 0 aliphatic rings. The van der Waals surface area contributed by atoms with Gasteiger partial charge in [0.15, 0.2) is 0 Å². The zero-order valence-electron chi connectivity index (χ0n) is 12.7. The van der Waals surface area contributed by atoms with E-state index in [-0.39, 0.29) is 0 Å². The molecule has 0 aliphatic heterocycles. The molecule has 2 nitrogen and oxygen atoms in total. The van der Waals surface area contributed by atoms with Crippen LogP contribution in [0.15, 0.2) is 18.2 Å². The summed E-state index contributed by atoms with van der Waals surface area (Å²) in [5.74, 6) is 0. The molecular formula is C17H26N2. The number of hydrogen-bond donors (Lipinski definition) is 1. The number of rotatable bonds is 7. The van der Waals surface area contributed by atoms with Crippen LogP contribution in [0.1, 0.15) is 57.6 Å². The van der Waals surface area contributed by atoms with Crippen LogP contribution in [-0.4, -0.2) is 6.54 Å². The first-order chi connectivity index (χ1) is 8.98. The van der Waals surface area contributed by atoms with E-state index >= 15 is 0 Å². The quantitative estimate of drug-likeness (QED) is 0.707. The first-order valence-corrected chi connectivity index (χ1v) is 7.23. The summed E-state index contributed by atoms with van der Waals surface area (Å²) in [7, 11) is 0. The Morgan fingerprint density at radius 1 is 1.26 bits per heavy atom. The van der Waals surface area contributed by atoms with Crippen LogP contribution >= 0.6 is 0 Å². The van der Waals surface area contributed by atoms with E-state index in [9.17, 15) is 0 Å². The van der Waals surface area contributed by atoms with Crippen LogP contribution in [0.5, 0.6) is 0 Å². The highest BCUT2D eigenvalue weighted by Crippen LogP contribution is 2.25. The lowest BCUT2D eigenvalue weighted by atomic mass is 9.87. The number of unbranched alkanes of at least 4 members (excludes halogenated alkanes) is 2. The van der Waals surface area contributed by atoms with E-state index < -0.39 is 0 Å². The normalized spacial score (nSPS) is 11.1. The van der Waals surface area contributed by atoms with Gasteiger partial charge in [-0.1, -0.05) is 40.0 Å². The molecule has 0 spiro atoms. The van der Waals surface area contributed by atoms with Gasteiger partial charge in [-0.25, -0.2) is 0 Å². The molecule has 1 aromatic carbocycles. The van der Waals surface area contributed by atoms with Gasteiger partial charge in [-0.15, -0.1) is 0 Å². The third-order valence-corrected chi connectivity index (χ3v) is 3.58. The molecule has 0 bridgehead atoms. The SMILES string of the molecule is CCCCCC(C)(C)CNc1ccc(C#N)c(C)c1. The minimum Gasteiger partial charge on any atom is -0.385 e. The molecule has 1 rings (SSSR count). The van der Waals surface area contributed by atoms with Crippen molar-refractivity contribution in [1.29, 1.82) is 5.26 Å². The lowest BCUT2D eigenvalue weighted by Crippen LogP contribution is -2.23. The van der Waals surface area contributed by atoms with Gasteiger partial charge in [-0.2, -0.15) is 5.26 Å². The summed E-state index contributed by atoms with van der Waals surface area (Å²) in [4.78, 5) is 0. The molecule has 0 unspecified atom stereocenters. The molecule has 0 heterocycles. The van der Waals surface area contributed by atoms with Crippen LogP contribution < -0.4 is 5.32 Å². The second kappa shape index (κ2) is 7.19. The molecule has 0 saturated carbocycles. The van der Waals surface area contributed by atoms with E-state index in [1.807, 2.05) is 19.1 Å². The van der Waals surface area contributed by atoms with Crippen LogP contribution in [0, 0.1) is 23.7 Å². The Labute approximate surface area is 117 Å². The second-order valence-corrected chi connectivity index (χ2v) is 6.12. The first-order valence-electron chi connectivity index (χ1n) is 7.23. The Morgan fingerprint density at radius 2 is 2.00 bits per heavy atom. The fourth-order valence-corrected chi connectivity index (χ4v) is 2.18. The summed E-state index contributed by atoms with van der Waals surface area (Å²) < 4.78 is 0. The van der Waals surface area contributed by atoms with Gasteiger partial charge in [0.25, 0.3) is 0 Å². The standard InChI is InChI=1S/C17H26N2/c1-5-6-7-10-17(3,4)13-19-16-9-8-15(12-18)14(2)11-16/h8-9,11,19H,5-7,10,13H2,1-4H3. The average Bonchev–Trinajstić information content (AvgIpc) is 2.37. The first kappa shape index (κ1) is 15.6. The topological polar surface area (TPSA) is 35.8 Å². The van der Waals surface area contributed by atoms with Crippen molar-refractivity contribution in [2.24, 2.45) is 5.41 Å². The van der Waals surface area contributed by atoms with Crippen LogP contribution in [0.25, 0.3) is 0 Å². The van der Waals surface area contributed by atoms with E-state index in [0.717, 1.165) is 23.4 Å². The zero-order valence-corrected chi connectivity index (χ0v) is 12.7. The van der Waals surface area contributed by atoms with Gasteiger partial charge in [-0.05, 0) is 42.5 Å². The zero-order chi connectivity index (χ0) is 14.3. The van der Waals surface area contributed by atoms with Crippen molar-refractivity contribution < 1.29 is 0 Å². The maximum absolute atomic E-state index is 8.92. The second-order valence-electron chi connectivity index (χ2n) is 6.12. The number of anilines is 1. The molecule has 0 fully saturated rings. The van der Waals surface area contributed by atoms with Crippen molar-refractivity contribution in [2.45, 2.75) is 53.4 Å². The van der Waals surface area contributed by atoms with E-state index in [1.54, 1.807) is 0 Å². The number of nitrogens with zero attached hydrogens (tertiary/aromatic N) is 1. The lowest BCUT2D eigenvalue weighted by molar-refractivity contribution is 0.342. The van der Waals surface area contributed by atoms with Gasteiger partial charge < -0.3 is 5.32 Å². The predicted octanol–water partition coefficient (Wildman–Crippen LogP) is 4.89. The van der Waals surface area contributed by atoms with Crippen molar-refractivity contribution in [3.05, 3.63) is 29.3 Å². The fourth-order valence-electron chi connectivity index (χ4n) is 2.18. The van der Waals surface area contributed by atoms with Crippen LogP contribution in [0.2, 0.25) is 0 Å². The summed E-state index contributed by atoms with van der Waals surface area (Å²) >= 11 is 0. The van der Waals surface area contributed by atoms with Gasteiger partial charge in [0.1, 0.15) is 0 Å². The molecule has 1 aromatic rings. The highest BCUT2D eigenvalue weighted by molar-refractivity contribution is 5.51. The summed E-state index contributed by atoms with van der Waals surface area (Å²) in [5, 5.41) is 12.4. The molecule has 104 valence electrons. The maximum atomic E-state index is 8.92. The van der Waals surface area contributed by atoms with E-state index in [2.05, 4.69) is 38.2 Å². The van der Waals surface area contributed by atoms with Crippen LogP contribution in [-0.2, 0) is 0 Å². The van der Waals surface area contributed by atoms with Crippen LogP contribution in [0.3, 0.4) is 0 Å². The smallest absolute Gasteiger partial charge is 0.0994 e. The van der Waals surface area contributed by atoms with Crippen molar-refractivity contribution in [1.82, 2.24) is 0 Å². The minimum atomic E-state index is 0.316. The maximum Gasteiger partial charge on any atom is 0.0994 e. The molecule has 0 amide bonds. The Morgan fingerprint density at radius 3 is 2.58 bits per heavy atom. The third kappa shape index (κ3) is 5.34. The number of nitrogens with one attached hydrogen (secondary N) is 1. The largest absolute Gasteiger partial charge is 0.385 e. The van der Waals surface area contributed by atoms with Gasteiger partial charge in [0.2, 0.25) is 0 Å². The summed E-state index contributed by atoms with van der Waals surface area (Å²) in [6.45, 7) is 9.82. The van der Waals surface area contributed by atoms with Gasteiger partial charge >= 0.3 is 0 Å². The van der Waals surface area contributed by atoms with Gasteiger partial charge in [-0.3, -0.25) is 0 Å². The number of aryl methyl sites for hydroxylation is 1. The third-order valence-electron chi connectivity index (χ3n) is 3.58.